The lowest BCUT2D eigenvalue weighted by molar-refractivity contribution is -0.138. The van der Waals surface area contributed by atoms with Crippen LogP contribution < -0.4 is 0 Å². The summed E-state index contributed by atoms with van der Waals surface area (Å²) in [5.41, 5.74) is 0. The van der Waals surface area contributed by atoms with Crippen LogP contribution in [0.3, 0.4) is 0 Å². The Hall–Kier alpha value is -0.760. The number of amides is 2. The van der Waals surface area contributed by atoms with E-state index in [9.17, 15) is 14.4 Å². The number of hydrogen-bond acceptors (Lipinski definition) is 3. The van der Waals surface area contributed by atoms with E-state index in [1.807, 2.05) is 20.8 Å². The van der Waals surface area contributed by atoms with Crippen molar-refractivity contribution >= 4 is 27.3 Å². The summed E-state index contributed by atoms with van der Waals surface area (Å²) in [6.07, 6.45) is 5.00. The number of carbonyl (C=O) groups excluding carboxylic acids is 3. The van der Waals surface area contributed by atoms with E-state index in [2.05, 4.69) is 9.24 Å². The van der Waals surface area contributed by atoms with Crippen LogP contribution in [0.15, 0.2) is 0 Å². The second-order valence-corrected chi connectivity index (χ2v) is 5.02. The molecule has 2 atom stereocenters. The second kappa shape index (κ2) is 14.6. The Labute approximate surface area is 125 Å². The van der Waals surface area contributed by atoms with Gasteiger partial charge in [0.2, 0.25) is 12.3 Å². The van der Waals surface area contributed by atoms with Crippen molar-refractivity contribution in [2.24, 2.45) is 5.92 Å². The van der Waals surface area contributed by atoms with Crippen molar-refractivity contribution in [3.05, 3.63) is 0 Å². The molecule has 0 fully saturated rings. The van der Waals surface area contributed by atoms with Gasteiger partial charge in [0, 0.05) is 18.9 Å². The van der Waals surface area contributed by atoms with Crippen molar-refractivity contribution in [2.75, 3.05) is 12.7 Å². The van der Waals surface area contributed by atoms with Gasteiger partial charge in [-0.05, 0) is 32.3 Å². The van der Waals surface area contributed by atoms with Crippen molar-refractivity contribution in [1.82, 2.24) is 4.90 Å². The predicted octanol–water partition coefficient (Wildman–Crippen LogP) is 3.05. The van der Waals surface area contributed by atoms with Crippen LogP contribution in [0.5, 0.6) is 0 Å². The van der Waals surface area contributed by atoms with Crippen LogP contribution in [-0.4, -0.2) is 35.7 Å². The number of carbonyl (C=O) groups is 3. The summed E-state index contributed by atoms with van der Waals surface area (Å²) >= 11 is 0. The van der Waals surface area contributed by atoms with Gasteiger partial charge in [0.05, 0.1) is 0 Å². The molecule has 4 nitrogen and oxygen atoms in total. The molecule has 0 aromatic heterocycles. The van der Waals surface area contributed by atoms with Gasteiger partial charge in [-0.15, -0.1) is 9.24 Å². The number of nitrogens with zero attached hydrogens (tertiary/aromatic N) is 1. The fraction of sp³-hybridized carbons (Fsp3) is 0.800. The third-order valence-electron chi connectivity index (χ3n) is 3.08. The highest BCUT2D eigenvalue weighted by Gasteiger charge is 2.13. The average Bonchev–Trinajstić information content (AvgIpc) is 2.45. The Kier molecular flexibility index (Phi) is 15.8. The molecule has 0 aliphatic carbocycles. The van der Waals surface area contributed by atoms with Crippen LogP contribution >= 0.6 is 9.24 Å². The van der Waals surface area contributed by atoms with Crippen LogP contribution in [0.2, 0.25) is 0 Å². The van der Waals surface area contributed by atoms with Gasteiger partial charge in [-0.1, -0.05) is 27.2 Å². The topological polar surface area (TPSA) is 54.5 Å². The molecule has 0 rings (SSSR count). The molecule has 0 aliphatic rings. The lowest BCUT2D eigenvalue weighted by Gasteiger charge is -2.16. The van der Waals surface area contributed by atoms with Crippen LogP contribution in [0.1, 0.15) is 59.8 Å². The maximum atomic E-state index is 11.5. The Morgan fingerprint density at radius 1 is 1.25 bits per heavy atom. The minimum absolute atomic E-state index is 0.123. The number of rotatable bonds is 10. The van der Waals surface area contributed by atoms with Gasteiger partial charge >= 0.3 is 0 Å². The first kappa shape index (κ1) is 21.5. The zero-order valence-corrected chi connectivity index (χ0v) is 14.5. The average molecular weight is 303 g/mol. The quantitative estimate of drug-likeness (QED) is 0.354. The van der Waals surface area contributed by atoms with Crippen molar-refractivity contribution in [2.45, 2.75) is 59.8 Å². The Morgan fingerprint density at radius 2 is 1.85 bits per heavy atom. The summed E-state index contributed by atoms with van der Waals surface area (Å²) in [6, 6.07) is 0. The van der Waals surface area contributed by atoms with Crippen LogP contribution in [0, 0.1) is 5.92 Å². The Morgan fingerprint density at radius 3 is 2.25 bits per heavy atom. The van der Waals surface area contributed by atoms with E-state index < -0.39 is 0 Å². The van der Waals surface area contributed by atoms with Gasteiger partial charge in [-0.25, -0.2) is 0 Å². The van der Waals surface area contributed by atoms with Crippen molar-refractivity contribution in [1.29, 1.82) is 0 Å². The molecular formula is C15H30NO3P. The van der Waals surface area contributed by atoms with Crippen molar-refractivity contribution < 1.29 is 14.4 Å². The van der Waals surface area contributed by atoms with E-state index in [4.69, 9.17) is 0 Å². The highest BCUT2D eigenvalue weighted by molar-refractivity contribution is 7.16. The highest BCUT2D eigenvalue weighted by Crippen LogP contribution is 2.13. The Balaban J connectivity index is 0. The van der Waals surface area contributed by atoms with Crippen LogP contribution in [-0.2, 0) is 14.4 Å². The molecule has 1 unspecified atom stereocenters. The van der Waals surface area contributed by atoms with E-state index in [0.717, 1.165) is 25.7 Å². The summed E-state index contributed by atoms with van der Waals surface area (Å²) in [6.45, 7) is 8.09. The molecule has 0 aliphatic heterocycles. The highest BCUT2D eigenvalue weighted by atomic mass is 31.0. The molecule has 0 radical (unpaired) electrons. The number of imide groups is 1. The number of Topliss-reactive ketones (excluding diaryl/α,β-unsaturated/α-hetero) is 1. The SMILES string of the molecule is CC.CC[C@@H](CCCCN(C=O)C(=O)CCP)C(C)=O. The van der Waals surface area contributed by atoms with Crippen LogP contribution in [0.25, 0.3) is 0 Å². The molecule has 2 amide bonds. The van der Waals surface area contributed by atoms with E-state index in [-0.39, 0.29) is 17.6 Å². The van der Waals surface area contributed by atoms with Crippen LogP contribution in [0.4, 0.5) is 0 Å². The first-order valence-electron chi connectivity index (χ1n) is 7.52. The summed E-state index contributed by atoms with van der Waals surface area (Å²) in [5.74, 6) is 0.222. The first-order chi connectivity index (χ1) is 9.56. The minimum Gasteiger partial charge on any atom is -0.300 e. The zero-order valence-electron chi connectivity index (χ0n) is 13.4. The predicted molar refractivity (Wildman–Crippen MR) is 86.6 cm³/mol. The molecule has 0 aromatic carbocycles. The van der Waals surface area contributed by atoms with Crippen molar-refractivity contribution in [3.63, 3.8) is 0 Å². The maximum Gasteiger partial charge on any atom is 0.229 e. The molecule has 0 saturated carbocycles. The van der Waals surface area contributed by atoms with Gasteiger partial charge in [0.1, 0.15) is 5.78 Å². The number of hydrogen-bond donors (Lipinski definition) is 0. The lowest BCUT2D eigenvalue weighted by Crippen LogP contribution is -2.30. The molecular weight excluding hydrogens is 273 g/mol. The molecule has 0 heterocycles. The molecule has 20 heavy (non-hydrogen) atoms. The molecule has 0 aromatic rings. The van der Waals surface area contributed by atoms with Gasteiger partial charge in [-0.2, -0.15) is 0 Å². The van der Waals surface area contributed by atoms with E-state index in [0.29, 0.717) is 25.5 Å². The molecule has 0 saturated heterocycles. The molecule has 0 spiro atoms. The smallest absolute Gasteiger partial charge is 0.229 e. The third kappa shape index (κ3) is 10.1. The van der Waals surface area contributed by atoms with E-state index in [1.165, 1.54) is 4.90 Å². The maximum absolute atomic E-state index is 11.5. The normalized spacial score (nSPS) is 11.1. The largest absolute Gasteiger partial charge is 0.300 e. The zero-order chi connectivity index (χ0) is 16.0. The fourth-order valence-corrected chi connectivity index (χ4v) is 2.12. The summed E-state index contributed by atoms with van der Waals surface area (Å²) in [7, 11) is 2.47. The van der Waals surface area contributed by atoms with Gasteiger partial charge in [-0.3, -0.25) is 19.3 Å². The van der Waals surface area contributed by atoms with Gasteiger partial charge in [0.15, 0.2) is 0 Å². The second-order valence-electron chi connectivity index (χ2n) is 4.44. The number of unbranched alkanes of at least 4 members (excludes halogenated alkanes) is 1. The van der Waals surface area contributed by atoms with Gasteiger partial charge in [0.25, 0.3) is 0 Å². The minimum atomic E-state index is -0.126. The monoisotopic (exact) mass is 303 g/mol. The standard InChI is InChI=1S/C13H24NO3P.C2H6/c1-3-12(11(2)16)6-4-5-8-14(10-15)13(17)7-9-18;1-2/h10,12H,3-9,18H2,1-2H3;1-2H3/t12-;/m0./s1. The van der Waals surface area contributed by atoms with E-state index >= 15 is 0 Å². The van der Waals surface area contributed by atoms with Gasteiger partial charge < -0.3 is 0 Å². The fourth-order valence-electron chi connectivity index (χ4n) is 1.87. The summed E-state index contributed by atoms with van der Waals surface area (Å²) < 4.78 is 0. The summed E-state index contributed by atoms with van der Waals surface area (Å²) in [4.78, 5) is 34.7. The van der Waals surface area contributed by atoms with E-state index in [1.54, 1.807) is 6.92 Å². The molecule has 118 valence electrons. The third-order valence-corrected chi connectivity index (χ3v) is 3.36. The lowest BCUT2D eigenvalue weighted by atomic mass is 9.95. The van der Waals surface area contributed by atoms with Crippen molar-refractivity contribution in [3.8, 4) is 0 Å². The molecule has 0 bridgehead atoms. The first-order valence-corrected chi connectivity index (χ1v) is 8.33. The summed E-state index contributed by atoms with van der Waals surface area (Å²) in [5, 5.41) is 0. The number of ketones is 1. The molecule has 5 heteroatoms. The molecule has 0 N–H and O–H groups in total. The Bertz CT molecular complexity index is 282.